The summed E-state index contributed by atoms with van der Waals surface area (Å²) >= 11 is 0. The first kappa shape index (κ1) is 58.1. The van der Waals surface area contributed by atoms with Crippen LogP contribution in [0.15, 0.2) is 60.8 Å². The molecule has 0 heterocycles. The highest BCUT2D eigenvalue weighted by Gasteiger charge is 2.19. The van der Waals surface area contributed by atoms with E-state index in [0.29, 0.717) is 19.3 Å². The van der Waals surface area contributed by atoms with Crippen LogP contribution in [0.3, 0.4) is 0 Å². The van der Waals surface area contributed by atoms with Crippen molar-refractivity contribution >= 4 is 17.9 Å². The van der Waals surface area contributed by atoms with Crippen LogP contribution in [0, 0.1) is 0 Å². The highest BCUT2D eigenvalue weighted by Crippen LogP contribution is 2.15. The minimum atomic E-state index is -0.772. The molecule has 0 aliphatic heterocycles. The van der Waals surface area contributed by atoms with Gasteiger partial charge in [0.15, 0.2) is 6.10 Å². The Kier molecular flexibility index (Phi) is 47.4. The second-order valence-corrected chi connectivity index (χ2v) is 17.1. The topological polar surface area (TPSA) is 78.9 Å². The van der Waals surface area contributed by atoms with Gasteiger partial charge in [0.2, 0.25) is 0 Å². The molecule has 0 fully saturated rings. The number of allylic oxidation sites excluding steroid dienone is 10. The molecule has 6 nitrogen and oxygen atoms in total. The molecule has 1 atom stereocenters. The largest absolute Gasteiger partial charge is 0.462 e. The maximum Gasteiger partial charge on any atom is 0.306 e. The van der Waals surface area contributed by atoms with Crippen molar-refractivity contribution in [3.05, 3.63) is 60.8 Å². The summed E-state index contributed by atoms with van der Waals surface area (Å²) in [4.78, 5) is 37.7. The number of rotatable bonds is 46. The molecule has 0 N–H and O–H groups in total. The van der Waals surface area contributed by atoms with Crippen molar-refractivity contribution in [3.8, 4) is 0 Å². The van der Waals surface area contributed by atoms with E-state index < -0.39 is 6.10 Å². The van der Waals surface area contributed by atoms with Crippen LogP contribution in [0.1, 0.15) is 252 Å². The first-order valence-corrected chi connectivity index (χ1v) is 25.8. The van der Waals surface area contributed by atoms with E-state index in [1.165, 1.54) is 116 Å². The molecule has 0 aliphatic carbocycles. The fraction of sp³-hybridized carbons (Fsp3) is 0.764. The molecule has 0 aliphatic rings. The molecule has 352 valence electrons. The third kappa shape index (κ3) is 48.0. The lowest BCUT2D eigenvalue weighted by atomic mass is 10.0. The quantitative estimate of drug-likeness (QED) is 0.0263. The Hall–Kier alpha value is -2.89. The molecule has 0 spiro atoms. The minimum absolute atomic E-state index is 0.0759. The molecule has 6 heteroatoms. The zero-order chi connectivity index (χ0) is 44.4. The second-order valence-electron chi connectivity index (χ2n) is 17.1. The summed E-state index contributed by atoms with van der Waals surface area (Å²) in [7, 11) is 0. The highest BCUT2D eigenvalue weighted by atomic mass is 16.6. The average molecular weight is 853 g/mol. The average Bonchev–Trinajstić information content (AvgIpc) is 3.26. The van der Waals surface area contributed by atoms with Gasteiger partial charge in [0.05, 0.1) is 0 Å². The second kappa shape index (κ2) is 49.8. The molecule has 0 radical (unpaired) electrons. The van der Waals surface area contributed by atoms with Crippen molar-refractivity contribution < 1.29 is 28.6 Å². The van der Waals surface area contributed by atoms with Crippen LogP contribution >= 0.6 is 0 Å². The zero-order valence-electron chi connectivity index (χ0n) is 40.2. The standard InChI is InChI=1S/C55H96O6/c1-4-7-10-13-16-18-20-22-24-25-26-27-28-29-30-31-32-34-35-37-39-42-45-48-54(57)60-51-52(50-59-53(56)47-44-41-15-12-9-6-3)61-55(58)49-46-43-40-38-36-33-23-21-19-17-14-11-8-5-2/h7,10,16,18,22,24,26-27,29-30,52H,4-6,8-9,11-15,17,19-21,23,25,28,31-51H2,1-3H3/b10-7-,18-16-,24-22-,27-26-,30-29-. The van der Waals surface area contributed by atoms with E-state index in [1.54, 1.807) is 0 Å². The van der Waals surface area contributed by atoms with E-state index in [2.05, 4.69) is 81.5 Å². The van der Waals surface area contributed by atoms with Crippen LogP contribution < -0.4 is 0 Å². The summed E-state index contributed by atoms with van der Waals surface area (Å²) in [5.74, 6) is -0.891. The Morgan fingerprint density at radius 1 is 0.344 bits per heavy atom. The maximum atomic E-state index is 12.7. The van der Waals surface area contributed by atoms with Crippen molar-refractivity contribution in [2.75, 3.05) is 13.2 Å². The molecule has 0 aromatic rings. The molecule has 0 bridgehead atoms. The van der Waals surface area contributed by atoms with Crippen molar-refractivity contribution in [1.29, 1.82) is 0 Å². The van der Waals surface area contributed by atoms with E-state index >= 15 is 0 Å². The maximum absolute atomic E-state index is 12.7. The summed E-state index contributed by atoms with van der Waals surface area (Å²) in [6.07, 6.45) is 60.8. The molecular formula is C55H96O6. The molecule has 0 saturated heterocycles. The van der Waals surface area contributed by atoms with Gasteiger partial charge >= 0.3 is 17.9 Å². The minimum Gasteiger partial charge on any atom is -0.462 e. The van der Waals surface area contributed by atoms with E-state index in [4.69, 9.17) is 14.2 Å². The Bertz CT molecular complexity index is 1120. The Balaban J connectivity index is 4.19. The summed E-state index contributed by atoms with van der Waals surface area (Å²) in [6, 6.07) is 0. The summed E-state index contributed by atoms with van der Waals surface area (Å²) in [5.41, 5.74) is 0. The van der Waals surface area contributed by atoms with Gasteiger partial charge in [0.25, 0.3) is 0 Å². The fourth-order valence-corrected chi connectivity index (χ4v) is 7.17. The SMILES string of the molecule is CC/C=C\C/C=C\C/C=C\C/C=C\C/C=C\CCCCCCCCCC(=O)OCC(COC(=O)CCCCCCCC)OC(=O)CCCCCCCCCCCCCCCC. The number of hydrogen-bond donors (Lipinski definition) is 0. The van der Waals surface area contributed by atoms with Crippen molar-refractivity contribution in [3.63, 3.8) is 0 Å². The zero-order valence-corrected chi connectivity index (χ0v) is 40.2. The molecule has 0 aromatic heterocycles. The number of carbonyl (C=O) groups excluding carboxylic acids is 3. The third-order valence-electron chi connectivity index (χ3n) is 11.0. The Labute approximate surface area is 377 Å². The first-order chi connectivity index (χ1) is 30.0. The number of ether oxygens (including phenoxy) is 3. The van der Waals surface area contributed by atoms with Gasteiger partial charge < -0.3 is 14.2 Å². The number of unbranched alkanes of at least 4 members (excludes halogenated alkanes) is 25. The summed E-state index contributed by atoms with van der Waals surface area (Å²) in [6.45, 7) is 6.46. The third-order valence-corrected chi connectivity index (χ3v) is 11.0. The molecule has 61 heavy (non-hydrogen) atoms. The normalized spacial score (nSPS) is 12.5. The molecular weight excluding hydrogens is 757 g/mol. The number of carbonyl (C=O) groups is 3. The van der Waals surface area contributed by atoms with Gasteiger partial charge in [-0.1, -0.05) is 229 Å². The van der Waals surface area contributed by atoms with Gasteiger partial charge in [-0.05, 0) is 64.2 Å². The lowest BCUT2D eigenvalue weighted by Gasteiger charge is -2.18. The van der Waals surface area contributed by atoms with E-state index in [0.717, 1.165) is 96.3 Å². The van der Waals surface area contributed by atoms with Gasteiger partial charge in [-0.2, -0.15) is 0 Å². The van der Waals surface area contributed by atoms with Gasteiger partial charge in [0, 0.05) is 19.3 Å². The van der Waals surface area contributed by atoms with Crippen LogP contribution in [0.2, 0.25) is 0 Å². The van der Waals surface area contributed by atoms with Crippen LogP contribution in [0.4, 0.5) is 0 Å². The predicted octanol–water partition coefficient (Wildman–Crippen LogP) is 16.9. The molecule has 0 rings (SSSR count). The first-order valence-electron chi connectivity index (χ1n) is 25.8. The Morgan fingerprint density at radius 2 is 0.639 bits per heavy atom. The van der Waals surface area contributed by atoms with Gasteiger partial charge in [-0.3, -0.25) is 14.4 Å². The molecule has 0 aromatic carbocycles. The van der Waals surface area contributed by atoms with E-state index in [1.807, 2.05) is 0 Å². The Morgan fingerprint density at radius 3 is 1.00 bits per heavy atom. The van der Waals surface area contributed by atoms with Crippen LogP contribution in [0.5, 0.6) is 0 Å². The van der Waals surface area contributed by atoms with Crippen LogP contribution in [-0.4, -0.2) is 37.2 Å². The fourth-order valence-electron chi connectivity index (χ4n) is 7.17. The lowest BCUT2D eigenvalue weighted by Crippen LogP contribution is -2.30. The number of hydrogen-bond acceptors (Lipinski definition) is 6. The molecule has 0 saturated carbocycles. The van der Waals surface area contributed by atoms with Crippen molar-refractivity contribution in [2.24, 2.45) is 0 Å². The van der Waals surface area contributed by atoms with Gasteiger partial charge in [-0.25, -0.2) is 0 Å². The molecule has 0 amide bonds. The van der Waals surface area contributed by atoms with E-state index in [-0.39, 0.29) is 31.1 Å². The van der Waals surface area contributed by atoms with Gasteiger partial charge in [0.1, 0.15) is 13.2 Å². The van der Waals surface area contributed by atoms with Crippen molar-refractivity contribution in [1.82, 2.24) is 0 Å². The summed E-state index contributed by atoms with van der Waals surface area (Å²) < 4.78 is 16.7. The van der Waals surface area contributed by atoms with Crippen molar-refractivity contribution in [2.45, 2.75) is 258 Å². The molecule has 1 unspecified atom stereocenters. The lowest BCUT2D eigenvalue weighted by molar-refractivity contribution is -0.167. The predicted molar refractivity (Wildman–Crippen MR) is 261 cm³/mol. The smallest absolute Gasteiger partial charge is 0.306 e. The monoisotopic (exact) mass is 853 g/mol. The van der Waals surface area contributed by atoms with Gasteiger partial charge in [-0.15, -0.1) is 0 Å². The van der Waals surface area contributed by atoms with E-state index in [9.17, 15) is 14.4 Å². The number of esters is 3. The van der Waals surface area contributed by atoms with Crippen LogP contribution in [-0.2, 0) is 28.6 Å². The highest BCUT2D eigenvalue weighted by molar-refractivity contribution is 5.71. The summed E-state index contributed by atoms with van der Waals surface area (Å²) in [5, 5.41) is 0. The van der Waals surface area contributed by atoms with Crippen LogP contribution in [0.25, 0.3) is 0 Å².